The molecule has 0 radical (unpaired) electrons. The Morgan fingerprint density at radius 1 is 1.23 bits per heavy atom. The SMILES string of the molecule is Cc1ccnc(NC(=O)Cn2nnc(-c3ccccc3)n2)c1. The zero-order valence-electron chi connectivity index (χ0n) is 12.0. The van der Waals surface area contributed by atoms with Crippen molar-refractivity contribution in [3.05, 3.63) is 54.2 Å². The van der Waals surface area contributed by atoms with Crippen LogP contribution in [0.3, 0.4) is 0 Å². The maximum absolute atomic E-state index is 12.0. The first-order valence-corrected chi connectivity index (χ1v) is 6.76. The highest BCUT2D eigenvalue weighted by Crippen LogP contribution is 2.11. The number of carbonyl (C=O) groups is 1. The Kier molecular flexibility index (Phi) is 3.86. The van der Waals surface area contributed by atoms with Crippen molar-refractivity contribution in [2.24, 2.45) is 0 Å². The van der Waals surface area contributed by atoms with E-state index < -0.39 is 0 Å². The van der Waals surface area contributed by atoms with Crippen LogP contribution >= 0.6 is 0 Å². The summed E-state index contributed by atoms with van der Waals surface area (Å²) in [4.78, 5) is 17.3. The van der Waals surface area contributed by atoms with E-state index in [9.17, 15) is 4.79 Å². The van der Waals surface area contributed by atoms with E-state index in [1.165, 1.54) is 4.80 Å². The quantitative estimate of drug-likeness (QED) is 0.791. The van der Waals surface area contributed by atoms with E-state index >= 15 is 0 Å². The first kappa shape index (κ1) is 13.9. The normalized spacial score (nSPS) is 10.4. The highest BCUT2D eigenvalue weighted by Gasteiger charge is 2.09. The molecule has 0 unspecified atom stereocenters. The van der Waals surface area contributed by atoms with Gasteiger partial charge >= 0.3 is 0 Å². The number of amides is 1. The van der Waals surface area contributed by atoms with Crippen LogP contribution in [0.2, 0.25) is 0 Å². The van der Waals surface area contributed by atoms with Gasteiger partial charge in [-0.25, -0.2) is 4.98 Å². The summed E-state index contributed by atoms with van der Waals surface area (Å²) in [6.07, 6.45) is 1.65. The van der Waals surface area contributed by atoms with E-state index in [2.05, 4.69) is 25.7 Å². The van der Waals surface area contributed by atoms with Gasteiger partial charge in [-0.3, -0.25) is 4.79 Å². The minimum absolute atomic E-state index is 0.0184. The number of tetrazole rings is 1. The molecule has 7 nitrogen and oxygen atoms in total. The number of rotatable bonds is 4. The Hall–Kier alpha value is -3.09. The van der Waals surface area contributed by atoms with Gasteiger partial charge in [0.2, 0.25) is 11.7 Å². The first-order chi connectivity index (χ1) is 10.7. The topological polar surface area (TPSA) is 85.6 Å². The number of anilines is 1. The molecule has 1 amide bonds. The van der Waals surface area contributed by atoms with Crippen molar-refractivity contribution in [2.75, 3.05) is 5.32 Å². The van der Waals surface area contributed by atoms with Gasteiger partial charge in [0, 0.05) is 11.8 Å². The van der Waals surface area contributed by atoms with E-state index in [-0.39, 0.29) is 12.5 Å². The molecule has 7 heteroatoms. The molecule has 0 saturated heterocycles. The molecule has 0 fully saturated rings. The number of nitrogens with zero attached hydrogens (tertiary/aromatic N) is 5. The number of hydrogen-bond donors (Lipinski definition) is 1. The van der Waals surface area contributed by atoms with Gasteiger partial charge in [-0.2, -0.15) is 4.80 Å². The molecular formula is C15H14N6O. The first-order valence-electron chi connectivity index (χ1n) is 6.76. The fourth-order valence-electron chi connectivity index (χ4n) is 1.93. The molecule has 0 bridgehead atoms. The van der Waals surface area contributed by atoms with Crippen molar-refractivity contribution in [3.8, 4) is 11.4 Å². The number of carbonyl (C=O) groups excluding carboxylic acids is 1. The summed E-state index contributed by atoms with van der Waals surface area (Å²) in [5.74, 6) is 0.741. The van der Waals surface area contributed by atoms with E-state index in [0.29, 0.717) is 11.6 Å². The summed E-state index contributed by atoms with van der Waals surface area (Å²) in [6.45, 7) is 1.91. The number of hydrogen-bond acceptors (Lipinski definition) is 5. The second-order valence-electron chi connectivity index (χ2n) is 4.78. The molecule has 1 aromatic carbocycles. The van der Waals surface area contributed by atoms with Crippen LogP contribution in [0, 0.1) is 6.92 Å². The molecule has 2 heterocycles. The molecule has 22 heavy (non-hydrogen) atoms. The summed E-state index contributed by atoms with van der Waals surface area (Å²) >= 11 is 0. The second-order valence-corrected chi connectivity index (χ2v) is 4.78. The van der Waals surface area contributed by atoms with Gasteiger partial charge in [0.25, 0.3) is 0 Å². The smallest absolute Gasteiger partial charge is 0.249 e. The number of pyridine rings is 1. The lowest BCUT2D eigenvalue weighted by Gasteiger charge is -2.03. The number of nitrogens with one attached hydrogen (secondary N) is 1. The molecular weight excluding hydrogens is 280 g/mol. The van der Waals surface area contributed by atoms with Crippen molar-refractivity contribution in [3.63, 3.8) is 0 Å². The van der Waals surface area contributed by atoms with Crippen molar-refractivity contribution in [1.82, 2.24) is 25.2 Å². The van der Waals surface area contributed by atoms with Crippen LogP contribution in [0.25, 0.3) is 11.4 Å². The van der Waals surface area contributed by atoms with Gasteiger partial charge in [0.15, 0.2) is 0 Å². The summed E-state index contributed by atoms with van der Waals surface area (Å²) in [5.41, 5.74) is 1.88. The molecule has 0 atom stereocenters. The number of aryl methyl sites for hydroxylation is 1. The predicted octanol–water partition coefficient (Wildman–Crippen LogP) is 1.68. The van der Waals surface area contributed by atoms with Crippen LogP contribution in [0.15, 0.2) is 48.7 Å². The fourth-order valence-corrected chi connectivity index (χ4v) is 1.93. The highest BCUT2D eigenvalue weighted by atomic mass is 16.2. The van der Waals surface area contributed by atoms with E-state index in [4.69, 9.17) is 0 Å². The van der Waals surface area contributed by atoms with Gasteiger partial charge in [0.05, 0.1) is 0 Å². The van der Waals surface area contributed by atoms with Crippen LogP contribution in [-0.2, 0) is 11.3 Å². The van der Waals surface area contributed by atoms with Gasteiger partial charge in [0.1, 0.15) is 12.4 Å². The number of benzene rings is 1. The van der Waals surface area contributed by atoms with E-state index in [1.54, 1.807) is 12.3 Å². The van der Waals surface area contributed by atoms with E-state index in [1.807, 2.05) is 43.3 Å². The Morgan fingerprint density at radius 3 is 2.82 bits per heavy atom. The summed E-state index contributed by atoms with van der Waals surface area (Å²) in [6, 6.07) is 13.1. The Balaban J connectivity index is 1.66. The summed E-state index contributed by atoms with van der Waals surface area (Å²) in [7, 11) is 0. The van der Waals surface area contributed by atoms with Crippen molar-refractivity contribution in [1.29, 1.82) is 0 Å². The van der Waals surface area contributed by atoms with Crippen molar-refractivity contribution in [2.45, 2.75) is 13.5 Å². The van der Waals surface area contributed by atoms with Crippen molar-refractivity contribution >= 4 is 11.7 Å². The minimum Gasteiger partial charge on any atom is -0.309 e. The zero-order valence-corrected chi connectivity index (χ0v) is 12.0. The van der Waals surface area contributed by atoms with Crippen LogP contribution < -0.4 is 5.32 Å². The van der Waals surface area contributed by atoms with Gasteiger partial charge in [-0.15, -0.1) is 10.2 Å². The van der Waals surface area contributed by atoms with E-state index in [0.717, 1.165) is 11.1 Å². The Bertz CT molecular complexity index is 783. The third kappa shape index (κ3) is 3.32. The average molecular weight is 294 g/mol. The predicted molar refractivity (Wildman–Crippen MR) is 80.9 cm³/mol. The van der Waals surface area contributed by atoms with Crippen LogP contribution in [0.1, 0.15) is 5.56 Å². The van der Waals surface area contributed by atoms with Crippen LogP contribution in [-0.4, -0.2) is 31.1 Å². The van der Waals surface area contributed by atoms with Crippen LogP contribution in [0.4, 0.5) is 5.82 Å². The van der Waals surface area contributed by atoms with Crippen LogP contribution in [0.5, 0.6) is 0 Å². The molecule has 0 aliphatic carbocycles. The molecule has 3 aromatic rings. The summed E-state index contributed by atoms with van der Waals surface area (Å²) in [5, 5.41) is 14.7. The molecule has 110 valence electrons. The average Bonchev–Trinajstić information content (AvgIpc) is 2.96. The maximum atomic E-state index is 12.0. The molecule has 1 N–H and O–H groups in total. The maximum Gasteiger partial charge on any atom is 0.249 e. The van der Waals surface area contributed by atoms with Gasteiger partial charge in [-0.1, -0.05) is 30.3 Å². The zero-order chi connectivity index (χ0) is 15.4. The Morgan fingerprint density at radius 2 is 2.05 bits per heavy atom. The third-order valence-electron chi connectivity index (χ3n) is 2.95. The lowest BCUT2D eigenvalue weighted by molar-refractivity contribution is -0.117. The highest BCUT2D eigenvalue weighted by molar-refractivity contribution is 5.89. The monoisotopic (exact) mass is 294 g/mol. The summed E-state index contributed by atoms with van der Waals surface area (Å²) < 4.78 is 0. The molecule has 0 aliphatic rings. The standard InChI is InChI=1S/C15H14N6O/c1-11-7-8-16-13(9-11)17-14(22)10-21-19-15(18-20-21)12-5-3-2-4-6-12/h2-9H,10H2,1H3,(H,16,17,22). The molecule has 0 aliphatic heterocycles. The Labute approximate surface area is 127 Å². The lowest BCUT2D eigenvalue weighted by Crippen LogP contribution is -2.21. The largest absolute Gasteiger partial charge is 0.309 e. The molecule has 0 saturated carbocycles. The number of aromatic nitrogens is 5. The second kappa shape index (κ2) is 6.13. The van der Waals surface area contributed by atoms with Gasteiger partial charge in [-0.05, 0) is 29.8 Å². The van der Waals surface area contributed by atoms with Gasteiger partial charge < -0.3 is 5.32 Å². The molecule has 3 rings (SSSR count). The van der Waals surface area contributed by atoms with Crippen molar-refractivity contribution < 1.29 is 4.79 Å². The fraction of sp³-hybridized carbons (Fsp3) is 0.133. The third-order valence-corrected chi connectivity index (χ3v) is 2.95. The molecule has 0 spiro atoms. The minimum atomic E-state index is -0.255. The molecule has 2 aromatic heterocycles. The lowest BCUT2D eigenvalue weighted by atomic mass is 10.2.